The highest BCUT2D eigenvalue weighted by Gasteiger charge is 2.31. The molecule has 0 spiro atoms. The van der Waals surface area contributed by atoms with Gasteiger partial charge in [-0.05, 0) is 55.0 Å². The number of anilines is 3. The highest BCUT2D eigenvalue weighted by Crippen LogP contribution is 2.30. The largest absolute Gasteiger partial charge is 0.416 e. The second-order valence-corrected chi connectivity index (χ2v) is 7.48. The molecule has 166 valence electrons. The van der Waals surface area contributed by atoms with Crippen LogP contribution in [0.4, 0.5) is 30.6 Å². The Morgan fingerprint density at radius 3 is 2.41 bits per heavy atom. The molecule has 0 aliphatic carbocycles. The van der Waals surface area contributed by atoms with Gasteiger partial charge in [-0.15, -0.1) is 10.2 Å². The molecule has 1 saturated heterocycles. The van der Waals surface area contributed by atoms with E-state index in [1.54, 1.807) is 17.2 Å². The smallest absolute Gasteiger partial charge is 0.352 e. The Labute approximate surface area is 182 Å². The molecule has 32 heavy (non-hydrogen) atoms. The third-order valence-electron chi connectivity index (χ3n) is 5.15. The van der Waals surface area contributed by atoms with E-state index in [0.29, 0.717) is 43.6 Å². The topological polar surface area (TPSA) is 74.2 Å². The van der Waals surface area contributed by atoms with Crippen LogP contribution < -0.4 is 10.2 Å². The van der Waals surface area contributed by atoms with Crippen molar-refractivity contribution in [3.63, 3.8) is 0 Å². The minimum atomic E-state index is -4.48. The van der Waals surface area contributed by atoms with Gasteiger partial charge in [-0.25, -0.2) is 4.98 Å². The molecular formula is C22H21F3N6O. The van der Waals surface area contributed by atoms with Crippen LogP contribution in [-0.2, 0) is 6.18 Å². The van der Waals surface area contributed by atoms with E-state index in [4.69, 9.17) is 0 Å². The molecule has 1 fully saturated rings. The number of alkyl halides is 3. The summed E-state index contributed by atoms with van der Waals surface area (Å²) >= 11 is 0. The number of nitrogens with zero attached hydrogens (tertiary/aromatic N) is 5. The van der Waals surface area contributed by atoms with Crippen LogP contribution in [0.2, 0.25) is 0 Å². The molecule has 3 heterocycles. The number of aromatic nitrogens is 3. The van der Waals surface area contributed by atoms with Crippen LogP contribution in [-0.4, -0.2) is 52.2 Å². The summed E-state index contributed by atoms with van der Waals surface area (Å²) in [7, 11) is 0. The van der Waals surface area contributed by atoms with Gasteiger partial charge in [0, 0.05) is 37.9 Å². The first-order valence-electron chi connectivity index (χ1n) is 10.0. The van der Waals surface area contributed by atoms with Gasteiger partial charge >= 0.3 is 6.18 Å². The van der Waals surface area contributed by atoms with Crippen molar-refractivity contribution in [1.29, 1.82) is 0 Å². The maximum atomic E-state index is 12.9. The van der Waals surface area contributed by atoms with Gasteiger partial charge in [-0.2, -0.15) is 13.2 Å². The molecule has 4 rings (SSSR count). The lowest BCUT2D eigenvalue weighted by Crippen LogP contribution is -2.49. The highest BCUT2D eigenvalue weighted by atomic mass is 19.4. The van der Waals surface area contributed by atoms with Crippen molar-refractivity contribution < 1.29 is 18.0 Å². The quantitative estimate of drug-likeness (QED) is 0.661. The summed E-state index contributed by atoms with van der Waals surface area (Å²) < 4.78 is 38.8. The molecule has 0 saturated carbocycles. The van der Waals surface area contributed by atoms with Gasteiger partial charge < -0.3 is 15.1 Å². The molecule has 7 nitrogen and oxygen atoms in total. The van der Waals surface area contributed by atoms with E-state index in [1.807, 2.05) is 30.0 Å². The van der Waals surface area contributed by atoms with Gasteiger partial charge in [0.1, 0.15) is 5.82 Å². The monoisotopic (exact) mass is 442 g/mol. The molecule has 0 bridgehead atoms. The minimum absolute atomic E-state index is 0.0354. The molecule has 0 unspecified atom stereocenters. The summed E-state index contributed by atoms with van der Waals surface area (Å²) in [6.07, 6.45) is -2.77. The SMILES string of the molecule is Cc1ccnc(Nc2ccc(N3CCN(C(=O)c4cccc(C(F)(F)F)c4)CC3)nn2)c1. The average Bonchev–Trinajstić information content (AvgIpc) is 2.79. The number of carbonyl (C=O) groups is 1. The molecule has 0 radical (unpaired) electrons. The number of halogens is 3. The summed E-state index contributed by atoms with van der Waals surface area (Å²) in [6.45, 7) is 3.74. The highest BCUT2D eigenvalue weighted by molar-refractivity contribution is 5.94. The summed E-state index contributed by atoms with van der Waals surface area (Å²) in [4.78, 5) is 20.4. The van der Waals surface area contributed by atoms with Crippen molar-refractivity contribution in [3.05, 3.63) is 71.4 Å². The third-order valence-corrected chi connectivity index (χ3v) is 5.15. The van der Waals surface area contributed by atoms with Gasteiger partial charge in [0.15, 0.2) is 11.6 Å². The van der Waals surface area contributed by atoms with Crippen LogP contribution in [0.15, 0.2) is 54.7 Å². The predicted octanol–water partition coefficient (Wildman–Crippen LogP) is 3.90. The first-order valence-corrected chi connectivity index (χ1v) is 10.0. The van der Waals surface area contributed by atoms with Gasteiger partial charge in [0.25, 0.3) is 5.91 Å². The van der Waals surface area contributed by atoms with Crippen molar-refractivity contribution in [2.75, 3.05) is 36.4 Å². The number of rotatable bonds is 4. The van der Waals surface area contributed by atoms with E-state index in [2.05, 4.69) is 20.5 Å². The lowest BCUT2D eigenvalue weighted by atomic mass is 10.1. The van der Waals surface area contributed by atoms with E-state index in [9.17, 15) is 18.0 Å². The number of benzene rings is 1. The van der Waals surface area contributed by atoms with E-state index in [-0.39, 0.29) is 5.56 Å². The Kier molecular flexibility index (Phi) is 5.93. The van der Waals surface area contributed by atoms with Gasteiger partial charge in [-0.3, -0.25) is 4.79 Å². The Balaban J connectivity index is 1.36. The van der Waals surface area contributed by atoms with Gasteiger partial charge in [0.2, 0.25) is 0 Å². The minimum Gasteiger partial charge on any atom is -0.352 e. The van der Waals surface area contributed by atoms with Crippen LogP contribution in [0.25, 0.3) is 0 Å². The van der Waals surface area contributed by atoms with Gasteiger partial charge in [0.05, 0.1) is 5.56 Å². The molecule has 10 heteroatoms. The van der Waals surface area contributed by atoms with Gasteiger partial charge in [-0.1, -0.05) is 6.07 Å². The number of nitrogens with one attached hydrogen (secondary N) is 1. The van der Waals surface area contributed by atoms with Crippen LogP contribution in [0, 0.1) is 6.92 Å². The number of carbonyl (C=O) groups excluding carboxylic acids is 1. The Bertz CT molecular complexity index is 1100. The summed E-state index contributed by atoms with van der Waals surface area (Å²) in [6, 6.07) is 11.9. The van der Waals surface area contributed by atoms with Crippen LogP contribution >= 0.6 is 0 Å². The first kappa shape index (κ1) is 21.5. The van der Waals surface area contributed by atoms with Crippen molar-refractivity contribution in [2.24, 2.45) is 0 Å². The van der Waals surface area contributed by atoms with Crippen molar-refractivity contribution >= 4 is 23.4 Å². The predicted molar refractivity (Wildman–Crippen MR) is 114 cm³/mol. The first-order chi connectivity index (χ1) is 15.3. The lowest BCUT2D eigenvalue weighted by Gasteiger charge is -2.35. The fourth-order valence-corrected chi connectivity index (χ4v) is 3.45. The van der Waals surface area contributed by atoms with Crippen LogP contribution in [0.5, 0.6) is 0 Å². The molecule has 1 aromatic carbocycles. The molecular weight excluding hydrogens is 421 g/mol. The number of aryl methyl sites for hydroxylation is 1. The van der Waals surface area contributed by atoms with E-state index in [0.717, 1.165) is 17.7 Å². The van der Waals surface area contributed by atoms with E-state index < -0.39 is 17.6 Å². The zero-order valence-electron chi connectivity index (χ0n) is 17.3. The standard InChI is InChI=1S/C22H21F3N6O/c1-15-7-8-26-19(13-15)27-18-5-6-20(29-28-18)30-9-11-31(12-10-30)21(32)16-3-2-4-17(14-16)22(23,24)25/h2-8,13-14H,9-12H2,1H3,(H,26,27,28). The van der Waals surface area contributed by atoms with Crippen molar-refractivity contribution in [3.8, 4) is 0 Å². The summed E-state index contributed by atoms with van der Waals surface area (Å²) in [5.74, 6) is 1.49. The van der Waals surface area contributed by atoms with E-state index >= 15 is 0 Å². The molecule has 1 N–H and O–H groups in total. The molecule has 2 aromatic heterocycles. The fraction of sp³-hybridized carbons (Fsp3) is 0.273. The number of pyridine rings is 1. The molecule has 0 atom stereocenters. The molecule has 1 amide bonds. The second kappa shape index (κ2) is 8.81. The molecule has 1 aliphatic heterocycles. The van der Waals surface area contributed by atoms with Crippen molar-refractivity contribution in [1.82, 2.24) is 20.1 Å². The number of piperazine rings is 1. The summed E-state index contributed by atoms with van der Waals surface area (Å²) in [5.41, 5.74) is 0.282. The van der Waals surface area contributed by atoms with Crippen LogP contribution in [0.1, 0.15) is 21.5 Å². The third kappa shape index (κ3) is 4.96. The number of hydrogen-bond donors (Lipinski definition) is 1. The maximum Gasteiger partial charge on any atom is 0.416 e. The zero-order chi connectivity index (χ0) is 22.7. The number of amides is 1. The average molecular weight is 442 g/mol. The molecule has 1 aliphatic rings. The van der Waals surface area contributed by atoms with E-state index in [1.165, 1.54) is 12.1 Å². The summed E-state index contributed by atoms with van der Waals surface area (Å²) in [5, 5.41) is 11.5. The second-order valence-electron chi connectivity index (χ2n) is 7.48. The fourth-order valence-electron chi connectivity index (χ4n) is 3.45. The maximum absolute atomic E-state index is 12.9. The lowest BCUT2D eigenvalue weighted by molar-refractivity contribution is -0.137. The Hall–Kier alpha value is -3.69. The molecule has 3 aromatic rings. The number of hydrogen-bond acceptors (Lipinski definition) is 6. The Morgan fingerprint density at radius 1 is 0.969 bits per heavy atom. The zero-order valence-corrected chi connectivity index (χ0v) is 17.3. The normalized spacial score (nSPS) is 14.4. The van der Waals surface area contributed by atoms with Crippen molar-refractivity contribution in [2.45, 2.75) is 13.1 Å². The van der Waals surface area contributed by atoms with Crippen LogP contribution in [0.3, 0.4) is 0 Å². The Morgan fingerprint density at radius 2 is 1.75 bits per heavy atom.